The number of benzene rings is 1. The quantitative estimate of drug-likeness (QED) is 0.378. The van der Waals surface area contributed by atoms with Crippen molar-refractivity contribution < 1.29 is 17.9 Å². The number of nitrogens with one attached hydrogen (secondary N) is 1. The number of hydrogen-bond acceptors (Lipinski definition) is 9. The average Bonchev–Trinajstić information content (AvgIpc) is 3.34. The molecule has 4 aromatic rings. The molecule has 1 amide bonds. The first-order valence-electron chi connectivity index (χ1n) is 13.4. The zero-order valence-electron chi connectivity index (χ0n) is 22.2. The number of carbonyl (C=O) groups excluding carboxylic acids is 1. The SMILES string of the molecule is CS(=O)(=O)NC(=O)C1CCN(c2c(C=Cc3ccc4ccccc4n3)nc3c(N4CCOCC4)ccnn23)CC1. The summed E-state index contributed by atoms with van der Waals surface area (Å²) in [7, 11) is -3.59. The predicted octanol–water partition coefficient (Wildman–Crippen LogP) is 2.58. The molecule has 0 spiro atoms. The number of rotatable bonds is 6. The van der Waals surface area contributed by atoms with E-state index in [9.17, 15) is 13.2 Å². The van der Waals surface area contributed by atoms with Gasteiger partial charge in [-0.2, -0.15) is 9.61 Å². The first-order valence-corrected chi connectivity index (χ1v) is 15.3. The van der Waals surface area contributed by atoms with Gasteiger partial charge in [0.25, 0.3) is 0 Å². The molecule has 40 heavy (non-hydrogen) atoms. The van der Waals surface area contributed by atoms with Gasteiger partial charge in [-0.1, -0.05) is 24.3 Å². The van der Waals surface area contributed by atoms with Crippen LogP contribution in [0.1, 0.15) is 24.2 Å². The molecule has 2 fully saturated rings. The first kappa shape index (κ1) is 26.2. The Morgan fingerprint density at radius 3 is 2.52 bits per heavy atom. The van der Waals surface area contributed by atoms with Gasteiger partial charge in [0.1, 0.15) is 5.69 Å². The maximum atomic E-state index is 12.5. The van der Waals surface area contributed by atoms with E-state index in [0.29, 0.717) is 39.1 Å². The number of sulfonamides is 1. The number of imidazole rings is 1. The number of para-hydroxylation sites is 1. The lowest BCUT2D eigenvalue weighted by atomic mass is 9.96. The second-order valence-electron chi connectivity index (χ2n) is 10.1. The Morgan fingerprint density at radius 1 is 0.975 bits per heavy atom. The fourth-order valence-corrected chi connectivity index (χ4v) is 5.89. The maximum Gasteiger partial charge on any atom is 0.236 e. The molecule has 0 bridgehead atoms. The number of morpholine rings is 1. The number of fused-ring (bicyclic) bond motifs is 2. The van der Waals surface area contributed by atoms with E-state index in [0.717, 1.165) is 58.8 Å². The van der Waals surface area contributed by atoms with Crippen molar-refractivity contribution in [3.05, 3.63) is 60.0 Å². The predicted molar refractivity (Wildman–Crippen MR) is 155 cm³/mol. The van der Waals surface area contributed by atoms with Crippen LogP contribution in [-0.2, 0) is 19.6 Å². The normalized spacial score (nSPS) is 17.2. The lowest BCUT2D eigenvalue weighted by Crippen LogP contribution is -2.42. The van der Waals surface area contributed by atoms with Gasteiger partial charge in [-0.15, -0.1) is 0 Å². The molecule has 0 saturated carbocycles. The molecular weight excluding hydrogens is 530 g/mol. The highest BCUT2D eigenvalue weighted by molar-refractivity contribution is 7.89. The molecule has 2 aliphatic heterocycles. The van der Waals surface area contributed by atoms with Crippen LogP contribution in [0, 0.1) is 5.92 Å². The Kier molecular flexibility index (Phi) is 7.11. The number of pyridine rings is 1. The molecule has 1 aromatic carbocycles. The van der Waals surface area contributed by atoms with Gasteiger partial charge < -0.3 is 14.5 Å². The molecule has 6 rings (SSSR count). The second kappa shape index (κ2) is 10.9. The van der Waals surface area contributed by atoms with Crippen molar-refractivity contribution in [2.45, 2.75) is 12.8 Å². The van der Waals surface area contributed by atoms with Gasteiger partial charge in [0.05, 0.1) is 42.6 Å². The molecular formula is C28H31N7O4S. The van der Waals surface area contributed by atoms with Crippen molar-refractivity contribution in [3.8, 4) is 0 Å². The highest BCUT2D eigenvalue weighted by Crippen LogP contribution is 2.32. The largest absolute Gasteiger partial charge is 0.378 e. The number of piperidine rings is 1. The summed E-state index contributed by atoms with van der Waals surface area (Å²) >= 11 is 0. The van der Waals surface area contributed by atoms with Gasteiger partial charge in [0, 0.05) is 37.5 Å². The topological polar surface area (TPSA) is 122 Å². The Morgan fingerprint density at radius 2 is 1.75 bits per heavy atom. The number of hydrogen-bond donors (Lipinski definition) is 1. The lowest BCUT2D eigenvalue weighted by Gasteiger charge is -2.32. The fourth-order valence-electron chi connectivity index (χ4n) is 5.36. The molecule has 1 N–H and O–H groups in total. The molecule has 2 aliphatic rings. The Labute approximate surface area is 232 Å². The minimum absolute atomic E-state index is 0.372. The number of ether oxygens (including phenoxy) is 1. The zero-order chi connectivity index (χ0) is 27.7. The van der Waals surface area contributed by atoms with Crippen LogP contribution < -0.4 is 14.5 Å². The monoisotopic (exact) mass is 561 g/mol. The van der Waals surface area contributed by atoms with Crippen LogP contribution in [0.5, 0.6) is 0 Å². The third kappa shape index (κ3) is 5.50. The van der Waals surface area contributed by atoms with Crippen LogP contribution >= 0.6 is 0 Å². The van der Waals surface area contributed by atoms with Crippen molar-refractivity contribution in [2.24, 2.45) is 5.92 Å². The average molecular weight is 562 g/mol. The van der Waals surface area contributed by atoms with Crippen LogP contribution in [0.2, 0.25) is 0 Å². The van der Waals surface area contributed by atoms with Crippen molar-refractivity contribution in [2.75, 3.05) is 55.4 Å². The zero-order valence-corrected chi connectivity index (χ0v) is 23.0. The summed E-state index contributed by atoms with van der Waals surface area (Å²) in [6.07, 6.45) is 7.75. The van der Waals surface area contributed by atoms with Gasteiger partial charge in [-0.3, -0.25) is 9.52 Å². The summed E-state index contributed by atoms with van der Waals surface area (Å²) in [6, 6.07) is 14.0. The minimum Gasteiger partial charge on any atom is -0.378 e. The summed E-state index contributed by atoms with van der Waals surface area (Å²) in [6.45, 7) is 3.99. The van der Waals surface area contributed by atoms with Crippen molar-refractivity contribution in [1.29, 1.82) is 0 Å². The summed E-state index contributed by atoms with van der Waals surface area (Å²) < 4.78 is 32.7. The van der Waals surface area contributed by atoms with Crippen molar-refractivity contribution >= 4 is 56.1 Å². The smallest absolute Gasteiger partial charge is 0.236 e. The number of anilines is 2. The van der Waals surface area contributed by atoms with Gasteiger partial charge in [0.2, 0.25) is 15.9 Å². The summed E-state index contributed by atoms with van der Waals surface area (Å²) in [5, 5.41) is 5.76. The summed E-state index contributed by atoms with van der Waals surface area (Å²) in [5.74, 6) is 0.0162. The third-order valence-electron chi connectivity index (χ3n) is 7.34. The van der Waals surface area contributed by atoms with E-state index in [1.165, 1.54) is 0 Å². The summed E-state index contributed by atoms with van der Waals surface area (Å²) in [5.41, 5.74) is 4.24. The molecule has 12 heteroatoms. The molecule has 3 aromatic heterocycles. The lowest BCUT2D eigenvalue weighted by molar-refractivity contribution is -0.123. The molecule has 0 atom stereocenters. The van der Waals surface area contributed by atoms with Gasteiger partial charge in [-0.25, -0.2) is 18.4 Å². The molecule has 2 saturated heterocycles. The number of nitrogens with zero attached hydrogens (tertiary/aromatic N) is 6. The van der Waals surface area contributed by atoms with Crippen LogP contribution in [0.3, 0.4) is 0 Å². The number of aromatic nitrogens is 4. The van der Waals surface area contributed by atoms with Gasteiger partial charge >= 0.3 is 0 Å². The van der Waals surface area contributed by atoms with Crippen LogP contribution in [0.25, 0.3) is 28.7 Å². The highest BCUT2D eigenvalue weighted by atomic mass is 32.2. The Bertz CT molecular complexity index is 1690. The highest BCUT2D eigenvalue weighted by Gasteiger charge is 2.30. The van der Waals surface area contributed by atoms with Crippen molar-refractivity contribution in [3.63, 3.8) is 0 Å². The van der Waals surface area contributed by atoms with E-state index >= 15 is 0 Å². The Hall–Kier alpha value is -4.03. The molecule has 0 unspecified atom stereocenters. The van der Waals surface area contributed by atoms with Crippen LogP contribution in [0.4, 0.5) is 11.5 Å². The first-order chi connectivity index (χ1) is 19.4. The Balaban J connectivity index is 1.35. The van der Waals surface area contributed by atoms with Crippen LogP contribution in [-0.4, -0.2) is 79.6 Å². The number of amides is 1. The molecule has 208 valence electrons. The fraction of sp³-hybridized carbons (Fsp3) is 0.357. The van der Waals surface area contributed by atoms with Crippen LogP contribution in [0.15, 0.2) is 48.7 Å². The van der Waals surface area contributed by atoms with Crippen molar-refractivity contribution in [1.82, 2.24) is 24.3 Å². The van der Waals surface area contributed by atoms with E-state index < -0.39 is 15.9 Å². The molecule has 11 nitrogen and oxygen atoms in total. The van der Waals surface area contributed by atoms with E-state index in [4.69, 9.17) is 14.7 Å². The van der Waals surface area contributed by atoms with E-state index in [2.05, 4.69) is 25.7 Å². The maximum absolute atomic E-state index is 12.5. The van der Waals surface area contributed by atoms with Gasteiger partial charge in [0.15, 0.2) is 11.5 Å². The standard InChI is InChI=1S/C28H31N7O4S/c1-40(37,38)32-27(36)21-11-14-34(15-12-21)28-24(9-8-22-7-6-20-4-2-3-5-23(20)30-22)31-26-25(10-13-29-35(26)28)33-16-18-39-19-17-33/h2-10,13,21H,11-12,14-19H2,1H3,(H,32,36). The van der Waals surface area contributed by atoms with Gasteiger partial charge in [-0.05, 0) is 43.2 Å². The third-order valence-corrected chi connectivity index (χ3v) is 7.91. The molecule has 5 heterocycles. The minimum atomic E-state index is -3.59. The molecule has 0 radical (unpaired) electrons. The second-order valence-corrected chi connectivity index (χ2v) is 11.9. The van der Waals surface area contributed by atoms with E-state index in [-0.39, 0.29) is 5.92 Å². The van der Waals surface area contributed by atoms with E-state index in [1.807, 2.05) is 53.1 Å². The van der Waals surface area contributed by atoms with E-state index in [1.54, 1.807) is 6.20 Å². The summed E-state index contributed by atoms with van der Waals surface area (Å²) in [4.78, 5) is 26.7. The molecule has 0 aliphatic carbocycles. The number of carbonyl (C=O) groups is 1.